The minimum absolute atomic E-state index is 0.0775. The molecular formula is C20H25ClN2O5S. The maximum absolute atomic E-state index is 12.5. The summed E-state index contributed by atoms with van der Waals surface area (Å²) >= 11 is 5.87. The Morgan fingerprint density at radius 3 is 2.28 bits per heavy atom. The Bertz CT molecular complexity index is 948. The summed E-state index contributed by atoms with van der Waals surface area (Å²) in [7, 11) is -0.507. The number of halogens is 1. The van der Waals surface area contributed by atoms with Gasteiger partial charge in [-0.05, 0) is 42.3 Å². The molecule has 0 fully saturated rings. The standard InChI is InChI=1S/C20H25ClN2O5S/c1-14(16-7-10-18(27-2)19(11-16)28-3)22-20(24)13-23(29(4,25)26)12-15-5-8-17(21)9-6-15/h5-11,14H,12-13H2,1-4H3,(H,22,24)/t14-/m1/s1. The second kappa shape index (κ2) is 9.96. The molecule has 7 nitrogen and oxygen atoms in total. The summed E-state index contributed by atoms with van der Waals surface area (Å²) in [6.07, 6.45) is 1.08. The smallest absolute Gasteiger partial charge is 0.235 e. The van der Waals surface area contributed by atoms with Crippen molar-refractivity contribution in [2.45, 2.75) is 19.5 Å². The van der Waals surface area contributed by atoms with Crippen LogP contribution in [0.15, 0.2) is 42.5 Å². The van der Waals surface area contributed by atoms with Gasteiger partial charge in [0.2, 0.25) is 15.9 Å². The van der Waals surface area contributed by atoms with E-state index >= 15 is 0 Å². The molecule has 2 aromatic rings. The summed E-state index contributed by atoms with van der Waals surface area (Å²) in [4.78, 5) is 12.5. The molecule has 158 valence electrons. The molecule has 0 saturated heterocycles. The van der Waals surface area contributed by atoms with Gasteiger partial charge in [0.05, 0.1) is 33.1 Å². The minimum Gasteiger partial charge on any atom is -0.493 e. The molecule has 1 amide bonds. The number of carbonyl (C=O) groups is 1. The first-order valence-corrected chi connectivity index (χ1v) is 11.1. The fourth-order valence-corrected chi connectivity index (χ4v) is 3.60. The number of hydrogen-bond donors (Lipinski definition) is 1. The fraction of sp³-hybridized carbons (Fsp3) is 0.350. The van der Waals surface area contributed by atoms with Crippen molar-refractivity contribution >= 4 is 27.5 Å². The van der Waals surface area contributed by atoms with Gasteiger partial charge >= 0.3 is 0 Å². The van der Waals surface area contributed by atoms with Crippen LogP contribution in [-0.2, 0) is 21.4 Å². The number of ether oxygens (including phenoxy) is 2. The molecule has 29 heavy (non-hydrogen) atoms. The summed E-state index contributed by atoms with van der Waals surface area (Å²) in [5.41, 5.74) is 1.54. The van der Waals surface area contributed by atoms with Gasteiger partial charge < -0.3 is 14.8 Å². The highest BCUT2D eigenvalue weighted by Crippen LogP contribution is 2.29. The van der Waals surface area contributed by atoms with Crippen molar-refractivity contribution < 1.29 is 22.7 Å². The first-order chi connectivity index (χ1) is 13.6. The van der Waals surface area contributed by atoms with Crippen LogP contribution < -0.4 is 14.8 Å². The van der Waals surface area contributed by atoms with Crippen molar-refractivity contribution in [3.05, 3.63) is 58.6 Å². The summed E-state index contributed by atoms with van der Waals surface area (Å²) in [5, 5.41) is 3.38. The number of nitrogens with one attached hydrogen (secondary N) is 1. The Labute approximate surface area is 176 Å². The molecule has 1 atom stereocenters. The number of carbonyl (C=O) groups excluding carboxylic acids is 1. The van der Waals surface area contributed by atoms with Crippen LogP contribution in [0.2, 0.25) is 5.02 Å². The van der Waals surface area contributed by atoms with E-state index in [-0.39, 0.29) is 19.1 Å². The van der Waals surface area contributed by atoms with Crippen molar-refractivity contribution in [2.75, 3.05) is 27.0 Å². The number of rotatable bonds is 9. The topological polar surface area (TPSA) is 84.9 Å². The van der Waals surface area contributed by atoms with Crippen molar-refractivity contribution in [3.8, 4) is 11.5 Å². The molecule has 2 aromatic carbocycles. The molecule has 0 bridgehead atoms. The van der Waals surface area contributed by atoms with E-state index in [4.69, 9.17) is 21.1 Å². The number of methoxy groups -OCH3 is 2. The van der Waals surface area contributed by atoms with Crippen LogP contribution in [0.25, 0.3) is 0 Å². The van der Waals surface area contributed by atoms with Crippen LogP contribution in [-0.4, -0.2) is 45.7 Å². The van der Waals surface area contributed by atoms with E-state index in [1.165, 1.54) is 7.11 Å². The van der Waals surface area contributed by atoms with E-state index in [1.807, 2.05) is 13.0 Å². The van der Waals surface area contributed by atoms with E-state index in [2.05, 4.69) is 5.32 Å². The van der Waals surface area contributed by atoms with E-state index in [0.29, 0.717) is 16.5 Å². The average molecular weight is 441 g/mol. The van der Waals surface area contributed by atoms with Crippen LogP contribution in [0.3, 0.4) is 0 Å². The summed E-state index contributed by atoms with van der Waals surface area (Å²) in [6.45, 7) is 1.59. The highest BCUT2D eigenvalue weighted by molar-refractivity contribution is 7.88. The highest BCUT2D eigenvalue weighted by Gasteiger charge is 2.22. The normalized spacial score (nSPS) is 12.5. The summed E-state index contributed by atoms with van der Waals surface area (Å²) in [6, 6.07) is 11.8. The first kappa shape index (κ1) is 23.0. The minimum atomic E-state index is -3.59. The monoisotopic (exact) mass is 440 g/mol. The molecular weight excluding hydrogens is 416 g/mol. The highest BCUT2D eigenvalue weighted by atomic mass is 35.5. The molecule has 0 heterocycles. The van der Waals surface area contributed by atoms with Crippen LogP contribution in [0, 0.1) is 0 Å². The zero-order valence-corrected chi connectivity index (χ0v) is 18.4. The Morgan fingerprint density at radius 2 is 1.72 bits per heavy atom. The number of sulfonamides is 1. The Morgan fingerprint density at radius 1 is 1.10 bits per heavy atom. The van der Waals surface area contributed by atoms with Crippen LogP contribution in [0.5, 0.6) is 11.5 Å². The maximum atomic E-state index is 12.5. The lowest BCUT2D eigenvalue weighted by Crippen LogP contribution is -2.40. The molecule has 0 aliphatic rings. The van der Waals surface area contributed by atoms with E-state index < -0.39 is 15.9 Å². The Hall–Kier alpha value is -2.29. The zero-order valence-electron chi connectivity index (χ0n) is 16.8. The van der Waals surface area contributed by atoms with E-state index in [1.54, 1.807) is 43.5 Å². The van der Waals surface area contributed by atoms with Crippen molar-refractivity contribution in [3.63, 3.8) is 0 Å². The van der Waals surface area contributed by atoms with Gasteiger partial charge in [0.25, 0.3) is 0 Å². The molecule has 9 heteroatoms. The largest absolute Gasteiger partial charge is 0.493 e. The third-order valence-electron chi connectivity index (χ3n) is 4.35. The van der Waals surface area contributed by atoms with Crippen LogP contribution in [0.4, 0.5) is 0 Å². The lowest BCUT2D eigenvalue weighted by atomic mass is 10.1. The zero-order chi connectivity index (χ0) is 21.6. The molecule has 1 N–H and O–H groups in total. The van der Waals surface area contributed by atoms with E-state index in [0.717, 1.165) is 21.7 Å². The molecule has 0 saturated carbocycles. The van der Waals surface area contributed by atoms with Gasteiger partial charge in [-0.25, -0.2) is 8.42 Å². The number of benzene rings is 2. The Balaban J connectivity index is 2.08. The van der Waals surface area contributed by atoms with Crippen LogP contribution in [0.1, 0.15) is 24.1 Å². The lowest BCUT2D eigenvalue weighted by Gasteiger charge is -2.22. The van der Waals surface area contributed by atoms with Crippen LogP contribution >= 0.6 is 11.6 Å². The Kier molecular flexibility index (Phi) is 7.89. The molecule has 0 radical (unpaired) electrons. The predicted octanol–water partition coefficient (Wildman–Crippen LogP) is 3.00. The van der Waals surface area contributed by atoms with Gasteiger partial charge in [-0.3, -0.25) is 4.79 Å². The summed E-state index contributed by atoms with van der Waals surface area (Å²) < 4.78 is 35.9. The molecule has 0 aliphatic carbocycles. The number of nitrogens with zero attached hydrogens (tertiary/aromatic N) is 1. The van der Waals surface area contributed by atoms with E-state index in [9.17, 15) is 13.2 Å². The maximum Gasteiger partial charge on any atom is 0.235 e. The number of amides is 1. The molecule has 0 spiro atoms. The van der Waals surface area contributed by atoms with Crippen molar-refractivity contribution in [1.82, 2.24) is 9.62 Å². The van der Waals surface area contributed by atoms with Crippen molar-refractivity contribution in [1.29, 1.82) is 0 Å². The van der Waals surface area contributed by atoms with Gasteiger partial charge in [-0.1, -0.05) is 29.8 Å². The second-order valence-corrected chi connectivity index (χ2v) is 8.98. The molecule has 0 unspecified atom stereocenters. The molecule has 0 aromatic heterocycles. The summed E-state index contributed by atoms with van der Waals surface area (Å²) in [5.74, 6) is 0.722. The third-order valence-corrected chi connectivity index (χ3v) is 5.79. The third kappa shape index (κ3) is 6.62. The first-order valence-electron chi connectivity index (χ1n) is 8.85. The van der Waals surface area contributed by atoms with Gasteiger partial charge in [0.1, 0.15) is 0 Å². The fourth-order valence-electron chi connectivity index (χ4n) is 2.74. The quantitative estimate of drug-likeness (QED) is 0.647. The average Bonchev–Trinajstić information content (AvgIpc) is 2.67. The molecule has 2 rings (SSSR count). The molecule has 0 aliphatic heterocycles. The second-order valence-electron chi connectivity index (χ2n) is 6.56. The van der Waals surface area contributed by atoms with Gasteiger partial charge in [0, 0.05) is 11.6 Å². The van der Waals surface area contributed by atoms with Gasteiger partial charge in [-0.15, -0.1) is 0 Å². The van der Waals surface area contributed by atoms with Gasteiger partial charge in [-0.2, -0.15) is 4.31 Å². The lowest BCUT2D eigenvalue weighted by molar-refractivity contribution is -0.122. The predicted molar refractivity (Wildman–Crippen MR) is 113 cm³/mol. The van der Waals surface area contributed by atoms with Crippen molar-refractivity contribution in [2.24, 2.45) is 0 Å². The van der Waals surface area contributed by atoms with Gasteiger partial charge in [0.15, 0.2) is 11.5 Å². The number of hydrogen-bond acceptors (Lipinski definition) is 5. The SMILES string of the molecule is COc1ccc([C@@H](C)NC(=O)CN(Cc2ccc(Cl)cc2)S(C)(=O)=O)cc1OC.